The number of rotatable bonds is 4. The Hall–Kier alpha value is -0.120. The maximum Gasteiger partial charge on any atom is 0.0294 e. The molecule has 3 heteroatoms. The highest BCUT2D eigenvalue weighted by Crippen LogP contribution is 2.28. The molecule has 17 heavy (non-hydrogen) atoms. The second kappa shape index (κ2) is 6.17. The predicted molar refractivity (Wildman–Crippen MR) is 80.1 cm³/mol. The fraction of sp³-hybridized carbons (Fsp3) is 0.571. The van der Waals surface area contributed by atoms with Crippen LogP contribution in [0.3, 0.4) is 0 Å². The van der Waals surface area contributed by atoms with E-state index in [2.05, 4.69) is 61.4 Å². The van der Waals surface area contributed by atoms with Gasteiger partial charge in [-0.1, -0.05) is 19.1 Å². The quantitative estimate of drug-likeness (QED) is 0.830. The van der Waals surface area contributed by atoms with Gasteiger partial charge >= 0.3 is 0 Å². The third kappa shape index (κ3) is 3.67. The summed E-state index contributed by atoms with van der Waals surface area (Å²) in [5.74, 6) is 1.26. The molecule has 0 aliphatic carbocycles. The van der Waals surface area contributed by atoms with E-state index in [0.29, 0.717) is 12.1 Å². The number of thioether (sulfide) groups is 2. The number of benzene rings is 1. The van der Waals surface area contributed by atoms with Gasteiger partial charge in [0.15, 0.2) is 0 Å². The molecular formula is C14H21NS2. The van der Waals surface area contributed by atoms with Crippen LogP contribution in [0.25, 0.3) is 0 Å². The SMILES string of the molecule is CSc1ccc(C(C)NC2CSC(C)C2)cc1. The largest absolute Gasteiger partial charge is 0.307 e. The molecule has 2 rings (SSSR count). The number of hydrogen-bond donors (Lipinski definition) is 1. The van der Waals surface area contributed by atoms with Crippen LogP contribution in [0.2, 0.25) is 0 Å². The molecule has 1 aliphatic heterocycles. The van der Waals surface area contributed by atoms with Gasteiger partial charge in [0.05, 0.1) is 0 Å². The zero-order chi connectivity index (χ0) is 12.3. The Morgan fingerprint density at radius 2 is 2.06 bits per heavy atom. The van der Waals surface area contributed by atoms with Gasteiger partial charge in [0, 0.05) is 28.0 Å². The van der Waals surface area contributed by atoms with Gasteiger partial charge in [-0.2, -0.15) is 11.8 Å². The Morgan fingerprint density at radius 3 is 2.59 bits per heavy atom. The van der Waals surface area contributed by atoms with Crippen LogP contribution in [-0.4, -0.2) is 23.3 Å². The Morgan fingerprint density at radius 1 is 1.35 bits per heavy atom. The second-order valence-electron chi connectivity index (χ2n) is 4.74. The predicted octanol–water partition coefficient (Wildman–Crippen LogP) is 3.95. The number of hydrogen-bond acceptors (Lipinski definition) is 3. The van der Waals surface area contributed by atoms with E-state index in [-0.39, 0.29) is 0 Å². The van der Waals surface area contributed by atoms with Gasteiger partial charge in [0.2, 0.25) is 0 Å². The molecule has 1 aromatic carbocycles. The molecule has 1 saturated heterocycles. The van der Waals surface area contributed by atoms with Crippen molar-refractivity contribution in [3.05, 3.63) is 29.8 Å². The Balaban J connectivity index is 1.92. The summed E-state index contributed by atoms with van der Waals surface area (Å²) in [4.78, 5) is 1.34. The molecule has 1 heterocycles. The normalized spacial score (nSPS) is 26.1. The van der Waals surface area contributed by atoms with Crippen LogP contribution in [0.15, 0.2) is 29.2 Å². The van der Waals surface area contributed by atoms with Crippen LogP contribution in [0.5, 0.6) is 0 Å². The van der Waals surface area contributed by atoms with Gasteiger partial charge in [-0.25, -0.2) is 0 Å². The first-order valence-electron chi connectivity index (χ1n) is 6.20. The van der Waals surface area contributed by atoms with Crippen LogP contribution in [0.1, 0.15) is 31.9 Å². The van der Waals surface area contributed by atoms with Crippen LogP contribution in [0, 0.1) is 0 Å². The molecule has 1 aliphatic rings. The molecule has 1 N–H and O–H groups in total. The van der Waals surface area contributed by atoms with Crippen molar-refractivity contribution in [1.29, 1.82) is 0 Å². The Kier molecular flexibility index (Phi) is 4.83. The lowest BCUT2D eigenvalue weighted by Gasteiger charge is -2.19. The molecule has 94 valence electrons. The maximum atomic E-state index is 3.74. The molecule has 1 aromatic rings. The average Bonchev–Trinajstić information content (AvgIpc) is 2.75. The minimum Gasteiger partial charge on any atom is -0.307 e. The topological polar surface area (TPSA) is 12.0 Å². The van der Waals surface area contributed by atoms with Crippen molar-refractivity contribution >= 4 is 23.5 Å². The van der Waals surface area contributed by atoms with Crippen molar-refractivity contribution in [1.82, 2.24) is 5.32 Å². The summed E-state index contributed by atoms with van der Waals surface area (Å²) in [5.41, 5.74) is 1.40. The summed E-state index contributed by atoms with van der Waals surface area (Å²) in [5, 5.41) is 4.55. The van der Waals surface area contributed by atoms with Gasteiger partial charge in [-0.05, 0) is 37.3 Å². The van der Waals surface area contributed by atoms with Gasteiger partial charge in [0.1, 0.15) is 0 Å². The van der Waals surface area contributed by atoms with Crippen molar-refractivity contribution in [3.63, 3.8) is 0 Å². The van der Waals surface area contributed by atoms with Crippen molar-refractivity contribution < 1.29 is 0 Å². The highest BCUT2D eigenvalue weighted by Gasteiger charge is 2.23. The van der Waals surface area contributed by atoms with Gasteiger partial charge < -0.3 is 5.32 Å². The van der Waals surface area contributed by atoms with Crippen LogP contribution < -0.4 is 5.32 Å². The standard InChI is InChI=1S/C14H21NS2/c1-10-8-13(9-17-10)15-11(2)12-4-6-14(16-3)7-5-12/h4-7,10-11,13,15H,8-9H2,1-3H3. The molecule has 0 saturated carbocycles. The van der Waals surface area contributed by atoms with E-state index in [1.54, 1.807) is 11.8 Å². The monoisotopic (exact) mass is 267 g/mol. The molecule has 1 nitrogen and oxygen atoms in total. The van der Waals surface area contributed by atoms with Crippen molar-refractivity contribution in [3.8, 4) is 0 Å². The van der Waals surface area contributed by atoms with E-state index in [1.165, 1.54) is 22.6 Å². The van der Waals surface area contributed by atoms with Gasteiger partial charge in [0.25, 0.3) is 0 Å². The number of nitrogens with one attached hydrogen (secondary N) is 1. The smallest absolute Gasteiger partial charge is 0.0294 e. The molecule has 3 unspecified atom stereocenters. The third-order valence-electron chi connectivity index (χ3n) is 3.30. The van der Waals surface area contributed by atoms with Crippen LogP contribution in [0.4, 0.5) is 0 Å². The fourth-order valence-electron chi connectivity index (χ4n) is 2.28. The van der Waals surface area contributed by atoms with E-state index in [9.17, 15) is 0 Å². The maximum absolute atomic E-state index is 3.74. The first kappa shape index (κ1) is 13.3. The van der Waals surface area contributed by atoms with E-state index < -0.39 is 0 Å². The summed E-state index contributed by atoms with van der Waals surface area (Å²) in [6, 6.07) is 10.1. The zero-order valence-corrected chi connectivity index (χ0v) is 12.4. The summed E-state index contributed by atoms with van der Waals surface area (Å²) in [6.07, 6.45) is 3.42. The molecule has 0 radical (unpaired) electrons. The lowest BCUT2D eigenvalue weighted by Crippen LogP contribution is -2.31. The minimum absolute atomic E-state index is 0.460. The molecule has 1 fully saturated rings. The summed E-state index contributed by atoms with van der Waals surface area (Å²) < 4.78 is 0. The average molecular weight is 267 g/mol. The van der Waals surface area contributed by atoms with Crippen LogP contribution >= 0.6 is 23.5 Å². The van der Waals surface area contributed by atoms with Gasteiger partial charge in [-0.3, -0.25) is 0 Å². The molecular weight excluding hydrogens is 246 g/mol. The highest BCUT2D eigenvalue weighted by molar-refractivity contribution is 8.00. The molecule has 0 amide bonds. The zero-order valence-electron chi connectivity index (χ0n) is 10.8. The van der Waals surface area contributed by atoms with E-state index in [4.69, 9.17) is 0 Å². The summed E-state index contributed by atoms with van der Waals surface area (Å²) in [6.45, 7) is 4.59. The fourth-order valence-corrected chi connectivity index (χ4v) is 3.85. The lowest BCUT2D eigenvalue weighted by atomic mass is 10.1. The van der Waals surface area contributed by atoms with E-state index in [0.717, 1.165) is 5.25 Å². The second-order valence-corrected chi connectivity index (χ2v) is 7.09. The summed E-state index contributed by atoms with van der Waals surface area (Å²) in [7, 11) is 0. The first-order valence-corrected chi connectivity index (χ1v) is 8.48. The molecule has 0 bridgehead atoms. The molecule has 0 spiro atoms. The Bertz CT molecular complexity index is 350. The lowest BCUT2D eigenvalue weighted by molar-refractivity contribution is 0.474. The van der Waals surface area contributed by atoms with Crippen molar-refractivity contribution in [2.24, 2.45) is 0 Å². The highest BCUT2D eigenvalue weighted by atomic mass is 32.2. The van der Waals surface area contributed by atoms with Crippen molar-refractivity contribution in [2.45, 2.75) is 42.5 Å². The third-order valence-corrected chi connectivity index (χ3v) is 5.40. The Labute approximate surface area is 113 Å². The molecule has 3 atom stereocenters. The van der Waals surface area contributed by atoms with E-state index in [1.807, 2.05) is 0 Å². The minimum atomic E-state index is 0.460. The van der Waals surface area contributed by atoms with Gasteiger partial charge in [-0.15, -0.1) is 11.8 Å². The van der Waals surface area contributed by atoms with Crippen molar-refractivity contribution in [2.75, 3.05) is 12.0 Å². The first-order chi connectivity index (χ1) is 8.19. The molecule has 0 aromatic heterocycles. The van der Waals surface area contributed by atoms with Crippen LogP contribution in [-0.2, 0) is 0 Å². The van der Waals surface area contributed by atoms with E-state index >= 15 is 0 Å². The summed E-state index contributed by atoms with van der Waals surface area (Å²) >= 11 is 3.88.